The molecule has 1 aromatic carbocycles. The zero-order valence-corrected chi connectivity index (χ0v) is 15.2. The second kappa shape index (κ2) is 7.68. The minimum absolute atomic E-state index is 0.0573. The molecule has 1 saturated heterocycles. The summed E-state index contributed by atoms with van der Waals surface area (Å²) in [6, 6.07) is 7.48. The fourth-order valence-corrected chi connectivity index (χ4v) is 3.20. The normalized spacial score (nSPS) is 17.8. The number of carbonyl (C=O) groups excluding carboxylic acids is 1. The monoisotopic (exact) mass is 342 g/mol. The van der Waals surface area contributed by atoms with E-state index in [9.17, 15) is 4.79 Å². The van der Waals surface area contributed by atoms with Crippen LogP contribution in [-0.4, -0.2) is 45.3 Å². The van der Waals surface area contributed by atoms with Crippen LogP contribution >= 0.6 is 0 Å². The highest BCUT2D eigenvalue weighted by Gasteiger charge is 2.28. The SMILES string of the molecule is CC(C)COc1cccc(C(=O)N2CCC[C@H](c3nncn3C)C2)c1. The molecule has 3 rings (SSSR count). The van der Waals surface area contributed by atoms with Crippen molar-refractivity contribution in [2.45, 2.75) is 32.6 Å². The van der Waals surface area contributed by atoms with E-state index in [0.29, 0.717) is 24.6 Å². The number of piperidine rings is 1. The first-order valence-electron chi connectivity index (χ1n) is 8.90. The Hall–Kier alpha value is -2.37. The van der Waals surface area contributed by atoms with E-state index in [-0.39, 0.29) is 11.8 Å². The Morgan fingerprint density at radius 2 is 2.24 bits per heavy atom. The molecule has 2 heterocycles. The van der Waals surface area contributed by atoms with Crippen molar-refractivity contribution in [1.29, 1.82) is 0 Å². The average molecular weight is 342 g/mol. The van der Waals surface area contributed by atoms with Gasteiger partial charge >= 0.3 is 0 Å². The van der Waals surface area contributed by atoms with Crippen molar-refractivity contribution in [3.8, 4) is 5.75 Å². The number of carbonyl (C=O) groups is 1. The molecule has 0 N–H and O–H groups in total. The van der Waals surface area contributed by atoms with Crippen LogP contribution in [0.3, 0.4) is 0 Å². The van der Waals surface area contributed by atoms with E-state index in [1.165, 1.54) is 0 Å². The maximum absolute atomic E-state index is 12.9. The third kappa shape index (κ3) is 4.18. The van der Waals surface area contributed by atoms with Gasteiger partial charge in [-0.3, -0.25) is 4.79 Å². The van der Waals surface area contributed by atoms with E-state index in [2.05, 4.69) is 24.0 Å². The summed E-state index contributed by atoms with van der Waals surface area (Å²) in [4.78, 5) is 14.8. The van der Waals surface area contributed by atoms with Crippen LogP contribution in [0.5, 0.6) is 5.75 Å². The summed E-state index contributed by atoms with van der Waals surface area (Å²) < 4.78 is 7.69. The van der Waals surface area contributed by atoms with Gasteiger partial charge in [-0.25, -0.2) is 0 Å². The fourth-order valence-electron chi connectivity index (χ4n) is 3.20. The molecule has 1 fully saturated rings. The number of hydrogen-bond donors (Lipinski definition) is 0. The topological polar surface area (TPSA) is 60.2 Å². The Bertz CT molecular complexity index is 726. The molecule has 0 radical (unpaired) electrons. The van der Waals surface area contributed by atoms with Crippen LogP contribution in [0, 0.1) is 5.92 Å². The van der Waals surface area contributed by atoms with Gasteiger partial charge in [0.05, 0.1) is 6.61 Å². The van der Waals surface area contributed by atoms with Crippen LogP contribution in [0.1, 0.15) is 48.8 Å². The largest absolute Gasteiger partial charge is 0.493 e. The Kier molecular flexibility index (Phi) is 5.36. The number of likely N-dealkylation sites (tertiary alicyclic amines) is 1. The summed E-state index contributed by atoms with van der Waals surface area (Å²) in [7, 11) is 1.95. The molecule has 1 aliphatic rings. The number of aryl methyl sites for hydroxylation is 1. The summed E-state index contributed by atoms with van der Waals surface area (Å²) in [6.07, 6.45) is 3.73. The molecule has 2 aromatic rings. The van der Waals surface area contributed by atoms with E-state index >= 15 is 0 Å². The van der Waals surface area contributed by atoms with E-state index in [1.807, 2.05) is 40.8 Å². The second-order valence-corrected chi connectivity index (χ2v) is 7.12. The van der Waals surface area contributed by atoms with E-state index < -0.39 is 0 Å². The summed E-state index contributed by atoms with van der Waals surface area (Å²) in [5.41, 5.74) is 0.680. The fraction of sp³-hybridized carbons (Fsp3) is 0.526. The Morgan fingerprint density at radius 3 is 2.96 bits per heavy atom. The molecule has 1 aliphatic heterocycles. The molecule has 6 heteroatoms. The van der Waals surface area contributed by atoms with Crippen LogP contribution in [0.2, 0.25) is 0 Å². The Balaban J connectivity index is 1.70. The van der Waals surface area contributed by atoms with Crippen molar-refractivity contribution in [3.63, 3.8) is 0 Å². The van der Waals surface area contributed by atoms with Gasteiger partial charge in [0, 0.05) is 31.6 Å². The summed E-state index contributed by atoms with van der Waals surface area (Å²) >= 11 is 0. The van der Waals surface area contributed by atoms with Crippen molar-refractivity contribution in [2.75, 3.05) is 19.7 Å². The van der Waals surface area contributed by atoms with Gasteiger partial charge in [-0.15, -0.1) is 10.2 Å². The minimum atomic E-state index is 0.0573. The van der Waals surface area contributed by atoms with E-state index in [4.69, 9.17) is 4.74 Å². The smallest absolute Gasteiger partial charge is 0.254 e. The minimum Gasteiger partial charge on any atom is -0.493 e. The number of aromatic nitrogens is 3. The van der Waals surface area contributed by atoms with Crippen LogP contribution in [0.4, 0.5) is 0 Å². The van der Waals surface area contributed by atoms with Crippen LogP contribution in [0.15, 0.2) is 30.6 Å². The third-order valence-corrected chi connectivity index (χ3v) is 4.48. The first kappa shape index (κ1) is 17.5. The molecular weight excluding hydrogens is 316 g/mol. The number of amides is 1. The van der Waals surface area contributed by atoms with E-state index in [1.54, 1.807) is 6.33 Å². The maximum atomic E-state index is 12.9. The predicted octanol–water partition coefficient (Wildman–Crippen LogP) is 2.87. The lowest BCUT2D eigenvalue weighted by atomic mass is 9.96. The molecule has 0 spiro atoms. The number of hydrogen-bond acceptors (Lipinski definition) is 4. The molecule has 134 valence electrons. The van der Waals surface area contributed by atoms with Gasteiger partial charge < -0.3 is 14.2 Å². The highest BCUT2D eigenvalue weighted by Crippen LogP contribution is 2.26. The zero-order valence-electron chi connectivity index (χ0n) is 15.2. The predicted molar refractivity (Wildman–Crippen MR) is 95.7 cm³/mol. The highest BCUT2D eigenvalue weighted by molar-refractivity contribution is 5.94. The van der Waals surface area contributed by atoms with Crippen molar-refractivity contribution < 1.29 is 9.53 Å². The maximum Gasteiger partial charge on any atom is 0.254 e. The number of benzene rings is 1. The number of ether oxygens (including phenoxy) is 1. The van der Waals surface area contributed by atoms with Crippen molar-refractivity contribution in [1.82, 2.24) is 19.7 Å². The van der Waals surface area contributed by atoms with Gasteiger partial charge in [-0.1, -0.05) is 19.9 Å². The van der Waals surface area contributed by atoms with Gasteiger partial charge in [0.1, 0.15) is 17.9 Å². The standard InChI is InChI=1S/C19H26N4O2/c1-14(2)12-25-17-8-4-6-15(10-17)19(24)23-9-5-7-16(11-23)18-21-20-13-22(18)3/h4,6,8,10,13-14,16H,5,7,9,11-12H2,1-3H3/t16-/m0/s1. The molecule has 0 unspecified atom stereocenters. The molecule has 0 saturated carbocycles. The highest BCUT2D eigenvalue weighted by atomic mass is 16.5. The summed E-state index contributed by atoms with van der Waals surface area (Å²) in [5, 5.41) is 8.18. The van der Waals surface area contributed by atoms with Crippen LogP contribution in [0.25, 0.3) is 0 Å². The lowest BCUT2D eigenvalue weighted by Crippen LogP contribution is -2.39. The van der Waals surface area contributed by atoms with Gasteiger partial charge in [-0.05, 0) is 37.0 Å². The van der Waals surface area contributed by atoms with Gasteiger partial charge in [0.15, 0.2) is 0 Å². The third-order valence-electron chi connectivity index (χ3n) is 4.48. The number of rotatable bonds is 5. The van der Waals surface area contributed by atoms with Crippen LogP contribution in [-0.2, 0) is 7.05 Å². The van der Waals surface area contributed by atoms with E-state index in [0.717, 1.165) is 31.0 Å². The van der Waals surface area contributed by atoms with Gasteiger partial charge in [0.2, 0.25) is 0 Å². The molecular formula is C19H26N4O2. The zero-order chi connectivity index (χ0) is 17.8. The van der Waals surface area contributed by atoms with Crippen molar-refractivity contribution in [2.24, 2.45) is 13.0 Å². The molecule has 25 heavy (non-hydrogen) atoms. The molecule has 0 bridgehead atoms. The van der Waals surface area contributed by atoms with Gasteiger partial charge in [0.25, 0.3) is 5.91 Å². The molecule has 0 aliphatic carbocycles. The Labute approximate surface area is 148 Å². The Morgan fingerprint density at radius 1 is 1.40 bits per heavy atom. The molecule has 6 nitrogen and oxygen atoms in total. The average Bonchev–Trinajstić information content (AvgIpc) is 3.05. The lowest BCUT2D eigenvalue weighted by Gasteiger charge is -2.32. The molecule has 1 amide bonds. The summed E-state index contributed by atoms with van der Waals surface area (Å²) in [5.74, 6) is 2.45. The molecule has 1 atom stereocenters. The second-order valence-electron chi connectivity index (χ2n) is 7.12. The van der Waals surface area contributed by atoms with Crippen molar-refractivity contribution in [3.05, 3.63) is 42.0 Å². The lowest BCUT2D eigenvalue weighted by molar-refractivity contribution is 0.0703. The summed E-state index contributed by atoms with van der Waals surface area (Å²) in [6.45, 7) is 6.33. The number of nitrogens with zero attached hydrogens (tertiary/aromatic N) is 4. The first-order chi connectivity index (χ1) is 12.0. The molecule has 1 aromatic heterocycles. The first-order valence-corrected chi connectivity index (χ1v) is 8.90. The van der Waals surface area contributed by atoms with Crippen LogP contribution < -0.4 is 4.74 Å². The van der Waals surface area contributed by atoms with Gasteiger partial charge in [-0.2, -0.15) is 0 Å². The quantitative estimate of drug-likeness (QED) is 0.838. The van der Waals surface area contributed by atoms with Crippen molar-refractivity contribution >= 4 is 5.91 Å².